The van der Waals surface area contributed by atoms with E-state index in [1.54, 1.807) is 0 Å². The van der Waals surface area contributed by atoms with E-state index in [0.717, 1.165) is 12.8 Å². The van der Waals surface area contributed by atoms with Crippen LogP contribution in [0.5, 0.6) is 0 Å². The summed E-state index contributed by atoms with van der Waals surface area (Å²) >= 11 is 0. The molecule has 1 heteroatoms. The van der Waals surface area contributed by atoms with Gasteiger partial charge in [-0.05, 0) is 55.9 Å². The normalized spacial score (nSPS) is 12.4. The second kappa shape index (κ2) is 6.03. The highest BCUT2D eigenvalue weighted by Crippen LogP contribution is 2.16. The molecule has 0 saturated heterocycles. The van der Waals surface area contributed by atoms with Crippen molar-refractivity contribution in [1.29, 1.82) is 0 Å². The molecule has 2 rings (SSSR count). The van der Waals surface area contributed by atoms with Gasteiger partial charge in [0.1, 0.15) is 0 Å². The summed E-state index contributed by atoms with van der Waals surface area (Å²) < 4.78 is 0. The molecule has 0 aliphatic rings. The van der Waals surface area contributed by atoms with Gasteiger partial charge in [-0.2, -0.15) is 0 Å². The molecule has 1 nitrogen and oxygen atoms in total. The molecule has 2 aromatic carbocycles. The number of benzene rings is 2. The van der Waals surface area contributed by atoms with E-state index in [0.29, 0.717) is 0 Å². The molecule has 0 aliphatic carbocycles. The monoisotopic (exact) mass is 253 g/mol. The minimum atomic E-state index is 0.183. The number of hydrogen-bond acceptors (Lipinski definition) is 1. The zero-order valence-corrected chi connectivity index (χ0v) is 12.1. The highest BCUT2D eigenvalue weighted by Gasteiger charge is 2.09. The van der Waals surface area contributed by atoms with Gasteiger partial charge < -0.3 is 5.73 Å². The molecule has 0 saturated carbocycles. The molecule has 0 spiro atoms. The summed E-state index contributed by atoms with van der Waals surface area (Å²) in [6.45, 7) is 6.45. The van der Waals surface area contributed by atoms with Gasteiger partial charge in [0.2, 0.25) is 0 Å². The van der Waals surface area contributed by atoms with Gasteiger partial charge in [-0.15, -0.1) is 0 Å². The van der Waals surface area contributed by atoms with Crippen LogP contribution in [0.3, 0.4) is 0 Å². The van der Waals surface area contributed by atoms with Gasteiger partial charge in [0.15, 0.2) is 0 Å². The second-order valence-corrected chi connectivity index (χ2v) is 5.52. The summed E-state index contributed by atoms with van der Waals surface area (Å²) in [6.07, 6.45) is 1.89. The predicted molar refractivity (Wildman–Crippen MR) is 82.5 cm³/mol. The van der Waals surface area contributed by atoms with E-state index >= 15 is 0 Å². The molecular weight excluding hydrogens is 230 g/mol. The summed E-state index contributed by atoms with van der Waals surface area (Å²) in [5.41, 5.74) is 13.0. The van der Waals surface area contributed by atoms with E-state index < -0.39 is 0 Å². The van der Waals surface area contributed by atoms with Gasteiger partial charge >= 0.3 is 0 Å². The van der Waals surface area contributed by atoms with Crippen LogP contribution in [0.1, 0.15) is 27.8 Å². The minimum Gasteiger partial charge on any atom is -0.327 e. The molecule has 100 valence electrons. The van der Waals surface area contributed by atoms with Crippen molar-refractivity contribution in [2.75, 3.05) is 0 Å². The smallest absolute Gasteiger partial charge is 0.0120 e. The van der Waals surface area contributed by atoms with Crippen LogP contribution in [0.25, 0.3) is 0 Å². The summed E-state index contributed by atoms with van der Waals surface area (Å²) in [4.78, 5) is 0. The third-order valence-electron chi connectivity index (χ3n) is 3.73. The van der Waals surface area contributed by atoms with Crippen molar-refractivity contribution in [2.45, 2.75) is 39.7 Å². The Labute approximate surface area is 116 Å². The molecule has 0 fully saturated rings. The Morgan fingerprint density at radius 3 is 2.00 bits per heavy atom. The first-order chi connectivity index (χ1) is 9.06. The van der Waals surface area contributed by atoms with Crippen molar-refractivity contribution in [3.63, 3.8) is 0 Å². The molecule has 2 aromatic rings. The molecule has 1 unspecified atom stereocenters. The highest BCUT2D eigenvalue weighted by atomic mass is 14.6. The van der Waals surface area contributed by atoms with Gasteiger partial charge in [-0.25, -0.2) is 0 Å². The topological polar surface area (TPSA) is 26.0 Å². The maximum absolute atomic E-state index is 6.31. The van der Waals surface area contributed by atoms with E-state index in [-0.39, 0.29) is 6.04 Å². The van der Waals surface area contributed by atoms with Crippen molar-refractivity contribution >= 4 is 0 Å². The van der Waals surface area contributed by atoms with Gasteiger partial charge in [0.05, 0.1) is 0 Å². The fraction of sp³-hybridized carbons (Fsp3) is 0.333. The van der Waals surface area contributed by atoms with Crippen molar-refractivity contribution in [2.24, 2.45) is 5.73 Å². The summed E-state index contributed by atoms with van der Waals surface area (Å²) in [6, 6.07) is 15.3. The van der Waals surface area contributed by atoms with Crippen LogP contribution in [-0.4, -0.2) is 6.04 Å². The van der Waals surface area contributed by atoms with Crippen molar-refractivity contribution in [3.05, 3.63) is 70.3 Å². The predicted octanol–water partition coefficient (Wildman–Crippen LogP) is 3.72. The van der Waals surface area contributed by atoms with E-state index in [4.69, 9.17) is 5.73 Å². The Hall–Kier alpha value is -1.60. The zero-order chi connectivity index (χ0) is 13.8. The lowest BCUT2D eigenvalue weighted by Crippen LogP contribution is -2.26. The number of aryl methyl sites for hydroxylation is 3. The van der Waals surface area contributed by atoms with Crippen LogP contribution in [-0.2, 0) is 12.8 Å². The van der Waals surface area contributed by atoms with Crippen LogP contribution in [0.15, 0.2) is 42.5 Å². The lowest BCUT2D eigenvalue weighted by Gasteiger charge is -2.16. The Kier molecular flexibility index (Phi) is 4.39. The standard InChI is InChI=1S/C18H23N/c1-13-7-9-16(10-8-13)11-17(19)12-18-14(2)5-4-6-15(18)3/h4-10,17H,11-12,19H2,1-3H3. The maximum atomic E-state index is 6.31. The molecule has 0 heterocycles. The lowest BCUT2D eigenvalue weighted by molar-refractivity contribution is 0.660. The van der Waals surface area contributed by atoms with Crippen molar-refractivity contribution in [1.82, 2.24) is 0 Å². The molecule has 19 heavy (non-hydrogen) atoms. The number of hydrogen-bond donors (Lipinski definition) is 1. The molecule has 0 bridgehead atoms. The average molecular weight is 253 g/mol. The Balaban J connectivity index is 2.05. The molecule has 0 aromatic heterocycles. The first kappa shape index (κ1) is 13.8. The molecular formula is C18H23N. The number of nitrogens with two attached hydrogens (primary N) is 1. The van der Waals surface area contributed by atoms with Crippen LogP contribution in [0, 0.1) is 20.8 Å². The van der Waals surface area contributed by atoms with Gasteiger partial charge in [-0.3, -0.25) is 0 Å². The van der Waals surface area contributed by atoms with Gasteiger partial charge in [-0.1, -0.05) is 48.0 Å². The van der Waals surface area contributed by atoms with Crippen LogP contribution >= 0.6 is 0 Å². The molecule has 0 radical (unpaired) electrons. The quantitative estimate of drug-likeness (QED) is 0.883. The largest absolute Gasteiger partial charge is 0.327 e. The SMILES string of the molecule is Cc1ccc(CC(N)Cc2c(C)cccc2C)cc1. The Morgan fingerprint density at radius 2 is 1.42 bits per heavy atom. The van der Waals surface area contributed by atoms with Gasteiger partial charge in [0.25, 0.3) is 0 Å². The Bertz CT molecular complexity index is 520. The molecule has 0 aliphatic heterocycles. The summed E-state index contributed by atoms with van der Waals surface area (Å²) in [7, 11) is 0. The third-order valence-corrected chi connectivity index (χ3v) is 3.73. The van der Waals surface area contributed by atoms with Crippen LogP contribution in [0.4, 0.5) is 0 Å². The summed E-state index contributed by atoms with van der Waals surface area (Å²) in [5, 5.41) is 0. The van der Waals surface area contributed by atoms with E-state index in [2.05, 4.69) is 63.2 Å². The molecule has 2 N–H and O–H groups in total. The zero-order valence-electron chi connectivity index (χ0n) is 12.1. The van der Waals surface area contributed by atoms with Crippen LogP contribution in [0.2, 0.25) is 0 Å². The van der Waals surface area contributed by atoms with Crippen LogP contribution < -0.4 is 5.73 Å². The first-order valence-electron chi connectivity index (χ1n) is 6.92. The fourth-order valence-electron chi connectivity index (χ4n) is 2.53. The average Bonchev–Trinajstić information content (AvgIpc) is 2.37. The summed E-state index contributed by atoms with van der Waals surface area (Å²) in [5.74, 6) is 0. The van der Waals surface area contributed by atoms with E-state index in [9.17, 15) is 0 Å². The maximum Gasteiger partial charge on any atom is 0.0120 e. The molecule has 1 atom stereocenters. The highest BCUT2D eigenvalue weighted by molar-refractivity contribution is 5.34. The minimum absolute atomic E-state index is 0.183. The van der Waals surface area contributed by atoms with E-state index in [1.807, 2.05) is 0 Å². The lowest BCUT2D eigenvalue weighted by atomic mass is 9.93. The van der Waals surface area contributed by atoms with Crippen molar-refractivity contribution in [3.8, 4) is 0 Å². The fourth-order valence-corrected chi connectivity index (χ4v) is 2.53. The van der Waals surface area contributed by atoms with E-state index in [1.165, 1.54) is 27.8 Å². The third kappa shape index (κ3) is 3.68. The number of rotatable bonds is 4. The Morgan fingerprint density at radius 1 is 0.842 bits per heavy atom. The first-order valence-corrected chi connectivity index (χ1v) is 6.92. The van der Waals surface area contributed by atoms with Crippen molar-refractivity contribution < 1.29 is 0 Å². The van der Waals surface area contributed by atoms with Gasteiger partial charge in [0, 0.05) is 6.04 Å². The second-order valence-electron chi connectivity index (χ2n) is 5.52. The molecule has 0 amide bonds.